The molecule has 0 aromatic heterocycles. The summed E-state index contributed by atoms with van der Waals surface area (Å²) in [4.78, 5) is 12.1. The average molecular weight is 246 g/mol. The van der Waals surface area contributed by atoms with Crippen molar-refractivity contribution in [3.8, 4) is 0 Å². The number of rotatable bonds is 4. The van der Waals surface area contributed by atoms with Crippen molar-refractivity contribution < 1.29 is 4.79 Å². The molecule has 2 aromatic carbocycles. The normalized spacial score (nSPS) is 10.4. The van der Waals surface area contributed by atoms with Crippen LogP contribution in [-0.4, -0.2) is 11.7 Å². The summed E-state index contributed by atoms with van der Waals surface area (Å²) in [6, 6.07) is 14.5. The number of benzene rings is 2. The first kappa shape index (κ1) is 12.0. The molecule has 0 atom stereocenters. The Kier molecular flexibility index (Phi) is 4.01. The zero-order valence-corrected chi connectivity index (χ0v) is 10.2. The molecule has 0 spiro atoms. The number of thioether (sulfide) groups is 1. The van der Waals surface area contributed by atoms with Crippen molar-refractivity contribution in [3.05, 3.63) is 42.5 Å². The Labute approximate surface area is 104 Å². The van der Waals surface area contributed by atoms with E-state index in [0.29, 0.717) is 6.42 Å². The molecule has 3 N–H and O–H groups in total. The molecule has 2 rings (SSSR count). The highest BCUT2D eigenvalue weighted by Gasteiger charge is 2.00. The van der Waals surface area contributed by atoms with Crippen LogP contribution in [0.4, 0.5) is 0 Å². The zero-order valence-electron chi connectivity index (χ0n) is 9.35. The van der Waals surface area contributed by atoms with E-state index in [2.05, 4.69) is 35.8 Å². The van der Waals surface area contributed by atoms with Crippen LogP contribution in [0.1, 0.15) is 6.42 Å². The van der Waals surface area contributed by atoms with E-state index in [0.717, 1.165) is 5.75 Å². The minimum Gasteiger partial charge on any atom is -0.294 e. The Balaban J connectivity index is 2.02. The molecule has 0 aliphatic heterocycles. The van der Waals surface area contributed by atoms with Crippen molar-refractivity contribution in [2.45, 2.75) is 11.3 Å². The number of hydrogen-bond donors (Lipinski definition) is 2. The lowest BCUT2D eigenvalue weighted by molar-refractivity contribution is -0.120. The quantitative estimate of drug-likeness (QED) is 0.377. The van der Waals surface area contributed by atoms with E-state index in [9.17, 15) is 4.79 Å². The predicted molar refractivity (Wildman–Crippen MR) is 71.6 cm³/mol. The van der Waals surface area contributed by atoms with Crippen LogP contribution in [0.15, 0.2) is 47.4 Å². The van der Waals surface area contributed by atoms with Gasteiger partial charge in [-0.25, -0.2) is 5.84 Å². The minimum absolute atomic E-state index is 0.127. The molecular formula is C13H14N2OS. The zero-order chi connectivity index (χ0) is 12.1. The first-order chi connectivity index (χ1) is 8.29. The second-order valence-electron chi connectivity index (χ2n) is 3.67. The monoisotopic (exact) mass is 246 g/mol. The Hall–Kier alpha value is -1.52. The molecule has 0 heterocycles. The fraction of sp³-hybridized carbons (Fsp3) is 0.154. The molecule has 0 saturated heterocycles. The standard InChI is InChI=1S/C13H14N2OS/c14-15-13(16)7-8-17-12-6-5-10-3-1-2-4-11(10)9-12/h1-6,9H,7-8,14H2,(H,15,16). The van der Waals surface area contributed by atoms with Gasteiger partial charge in [-0.1, -0.05) is 30.3 Å². The molecular weight excluding hydrogens is 232 g/mol. The molecule has 0 unspecified atom stereocenters. The third-order valence-corrected chi connectivity index (χ3v) is 3.48. The van der Waals surface area contributed by atoms with E-state index >= 15 is 0 Å². The molecule has 0 radical (unpaired) electrons. The van der Waals surface area contributed by atoms with Gasteiger partial charge in [-0.3, -0.25) is 10.2 Å². The number of carbonyl (C=O) groups is 1. The molecule has 0 saturated carbocycles. The van der Waals surface area contributed by atoms with E-state index in [1.807, 2.05) is 12.1 Å². The van der Waals surface area contributed by atoms with Gasteiger partial charge in [0.15, 0.2) is 0 Å². The number of nitrogens with one attached hydrogen (secondary N) is 1. The van der Waals surface area contributed by atoms with Crippen LogP contribution in [0.5, 0.6) is 0 Å². The van der Waals surface area contributed by atoms with Crippen molar-refractivity contribution in [2.75, 3.05) is 5.75 Å². The molecule has 0 aliphatic carbocycles. The van der Waals surface area contributed by atoms with Gasteiger partial charge in [0.25, 0.3) is 0 Å². The topological polar surface area (TPSA) is 55.1 Å². The fourth-order valence-electron chi connectivity index (χ4n) is 1.59. The smallest absolute Gasteiger partial charge is 0.234 e. The third-order valence-electron chi connectivity index (χ3n) is 2.48. The lowest BCUT2D eigenvalue weighted by Crippen LogP contribution is -2.30. The summed E-state index contributed by atoms with van der Waals surface area (Å²) < 4.78 is 0. The van der Waals surface area contributed by atoms with E-state index in [1.165, 1.54) is 15.7 Å². The highest BCUT2D eigenvalue weighted by atomic mass is 32.2. The molecule has 1 amide bonds. The van der Waals surface area contributed by atoms with Gasteiger partial charge in [0, 0.05) is 17.1 Å². The van der Waals surface area contributed by atoms with Crippen LogP contribution in [0.3, 0.4) is 0 Å². The van der Waals surface area contributed by atoms with Crippen molar-refractivity contribution >= 4 is 28.4 Å². The molecule has 17 heavy (non-hydrogen) atoms. The molecule has 0 fully saturated rings. The van der Waals surface area contributed by atoms with Crippen LogP contribution in [-0.2, 0) is 4.79 Å². The number of amides is 1. The highest BCUT2D eigenvalue weighted by molar-refractivity contribution is 7.99. The Morgan fingerprint density at radius 2 is 1.94 bits per heavy atom. The Bertz CT molecular complexity index is 528. The fourth-order valence-corrected chi connectivity index (χ4v) is 2.49. The van der Waals surface area contributed by atoms with E-state index in [-0.39, 0.29) is 5.91 Å². The molecule has 4 heteroatoms. The highest BCUT2D eigenvalue weighted by Crippen LogP contribution is 2.23. The molecule has 3 nitrogen and oxygen atoms in total. The van der Waals surface area contributed by atoms with Gasteiger partial charge in [0.2, 0.25) is 5.91 Å². The third kappa shape index (κ3) is 3.22. The maximum atomic E-state index is 11.0. The average Bonchev–Trinajstić information content (AvgIpc) is 2.38. The molecule has 0 bridgehead atoms. The maximum absolute atomic E-state index is 11.0. The SMILES string of the molecule is NNC(=O)CCSc1ccc2ccccc2c1. The number of hydrogen-bond acceptors (Lipinski definition) is 3. The van der Waals surface area contributed by atoms with Gasteiger partial charge in [0.05, 0.1) is 0 Å². The second kappa shape index (κ2) is 5.70. The number of carbonyl (C=O) groups excluding carboxylic acids is 1. The van der Waals surface area contributed by atoms with Crippen LogP contribution in [0, 0.1) is 0 Å². The summed E-state index contributed by atoms with van der Waals surface area (Å²) >= 11 is 1.66. The summed E-state index contributed by atoms with van der Waals surface area (Å²) in [5, 5.41) is 2.46. The van der Waals surface area contributed by atoms with Gasteiger partial charge in [-0.05, 0) is 22.9 Å². The van der Waals surface area contributed by atoms with Gasteiger partial charge in [-0.15, -0.1) is 11.8 Å². The maximum Gasteiger partial charge on any atom is 0.234 e. The van der Waals surface area contributed by atoms with Gasteiger partial charge < -0.3 is 0 Å². The first-order valence-electron chi connectivity index (χ1n) is 5.40. The van der Waals surface area contributed by atoms with Gasteiger partial charge in [-0.2, -0.15) is 0 Å². The summed E-state index contributed by atoms with van der Waals surface area (Å²) in [5.74, 6) is 5.63. The van der Waals surface area contributed by atoms with Crippen LogP contribution in [0.25, 0.3) is 10.8 Å². The van der Waals surface area contributed by atoms with E-state index in [4.69, 9.17) is 5.84 Å². The van der Waals surface area contributed by atoms with Gasteiger partial charge >= 0.3 is 0 Å². The van der Waals surface area contributed by atoms with Crippen molar-refractivity contribution in [2.24, 2.45) is 5.84 Å². The molecule has 0 aliphatic rings. The second-order valence-corrected chi connectivity index (χ2v) is 4.84. The van der Waals surface area contributed by atoms with E-state index in [1.54, 1.807) is 11.8 Å². The number of fused-ring (bicyclic) bond motifs is 1. The largest absolute Gasteiger partial charge is 0.294 e. The minimum atomic E-state index is -0.127. The number of nitrogens with two attached hydrogens (primary N) is 1. The predicted octanol–water partition coefficient (Wildman–Crippen LogP) is 2.31. The van der Waals surface area contributed by atoms with Crippen molar-refractivity contribution in [1.29, 1.82) is 0 Å². The van der Waals surface area contributed by atoms with E-state index < -0.39 is 0 Å². The van der Waals surface area contributed by atoms with Crippen LogP contribution >= 0.6 is 11.8 Å². The van der Waals surface area contributed by atoms with Crippen LogP contribution in [0.2, 0.25) is 0 Å². The molecule has 2 aromatic rings. The van der Waals surface area contributed by atoms with Gasteiger partial charge in [0.1, 0.15) is 0 Å². The summed E-state index contributed by atoms with van der Waals surface area (Å²) in [7, 11) is 0. The first-order valence-corrected chi connectivity index (χ1v) is 6.39. The Morgan fingerprint density at radius 3 is 2.71 bits per heavy atom. The summed E-state index contributed by atoms with van der Waals surface area (Å²) in [6.07, 6.45) is 0.438. The lowest BCUT2D eigenvalue weighted by Gasteiger charge is -2.03. The number of hydrazine groups is 1. The van der Waals surface area contributed by atoms with Crippen LogP contribution < -0.4 is 11.3 Å². The lowest BCUT2D eigenvalue weighted by atomic mass is 10.1. The van der Waals surface area contributed by atoms with Crippen molar-refractivity contribution in [3.63, 3.8) is 0 Å². The van der Waals surface area contributed by atoms with Crippen molar-refractivity contribution in [1.82, 2.24) is 5.43 Å². The Morgan fingerprint density at radius 1 is 1.18 bits per heavy atom. The molecule has 88 valence electrons. The summed E-state index contributed by atoms with van der Waals surface area (Å²) in [5.41, 5.74) is 2.13. The summed E-state index contributed by atoms with van der Waals surface area (Å²) in [6.45, 7) is 0.